The predicted octanol–water partition coefficient (Wildman–Crippen LogP) is 4.13. The van der Waals surface area contributed by atoms with E-state index in [9.17, 15) is 0 Å². The minimum atomic E-state index is 1.20. The van der Waals surface area contributed by atoms with E-state index >= 15 is 0 Å². The Kier molecular flexibility index (Phi) is 7.74. The van der Waals surface area contributed by atoms with Crippen LogP contribution in [0.3, 0.4) is 0 Å². The van der Waals surface area contributed by atoms with E-state index < -0.39 is 0 Å². The molecule has 0 saturated carbocycles. The third-order valence-corrected chi connectivity index (χ3v) is 3.27. The molecule has 0 bridgehead atoms. The summed E-state index contributed by atoms with van der Waals surface area (Å²) in [4.78, 5) is 2.56. The standard InChI is InChI=1S/C16H27N/c1-3-14-17(4-2)15-10-6-9-13-16-11-7-5-8-12-16/h5,7-8,11-12H,3-4,6,9-10,13-15H2,1-2H3. The lowest BCUT2D eigenvalue weighted by Crippen LogP contribution is -2.25. The summed E-state index contributed by atoms with van der Waals surface area (Å²) in [6.07, 6.45) is 6.54. The highest BCUT2D eigenvalue weighted by Crippen LogP contribution is 2.07. The van der Waals surface area contributed by atoms with Crippen LogP contribution in [0.5, 0.6) is 0 Å². The number of rotatable bonds is 9. The number of unbranched alkanes of at least 4 members (excludes halogenated alkanes) is 2. The maximum atomic E-state index is 2.56. The van der Waals surface area contributed by atoms with E-state index in [0.717, 1.165) is 0 Å². The quantitative estimate of drug-likeness (QED) is 0.580. The summed E-state index contributed by atoms with van der Waals surface area (Å²) in [5.41, 5.74) is 1.48. The zero-order chi connectivity index (χ0) is 12.3. The first-order valence-electron chi connectivity index (χ1n) is 7.13. The van der Waals surface area contributed by atoms with Crippen LogP contribution >= 0.6 is 0 Å². The molecule has 0 heterocycles. The van der Waals surface area contributed by atoms with Gasteiger partial charge in [0.2, 0.25) is 0 Å². The second kappa shape index (κ2) is 9.23. The Morgan fingerprint density at radius 3 is 2.29 bits per heavy atom. The van der Waals surface area contributed by atoms with Gasteiger partial charge in [-0.2, -0.15) is 0 Å². The highest BCUT2D eigenvalue weighted by molar-refractivity contribution is 5.14. The summed E-state index contributed by atoms with van der Waals surface area (Å²) in [7, 11) is 0. The minimum absolute atomic E-state index is 1.20. The van der Waals surface area contributed by atoms with Gasteiger partial charge in [-0.25, -0.2) is 0 Å². The van der Waals surface area contributed by atoms with Gasteiger partial charge in [0.15, 0.2) is 0 Å². The normalized spacial score (nSPS) is 11.0. The average molecular weight is 233 g/mol. The van der Waals surface area contributed by atoms with E-state index in [1.807, 2.05) is 0 Å². The molecule has 0 aliphatic heterocycles. The third kappa shape index (κ3) is 6.48. The summed E-state index contributed by atoms with van der Waals surface area (Å²) in [6.45, 7) is 8.26. The van der Waals surface area contributed by atoms with Gasteiger partial charge in [0.25, 0.3) is 0 Å². The van der Waals surface area contributed by atoms with Crippen LogP contribution in [-0.4, -0.2) is 24.5 Å². The van der Waals surface area contributed by atoms with Gasteiger partial charge >= 0.3 is 0 Å². The fourth-order valence-electron chi connectivity index (χ4n) is 2.23. The first-order valence-corrected chi connectivity index (χ1v) is 7.13. The van der Waals surface area contributed by atoms with Gasteiger partial charge in [-0.1, -0.05) is 50.6 Å². The van der Waals surface area contributed by atoms with Crippen LogP contribution in [0.15, 0.2) is 30.3 Å². The van der Waals surface area contributed by atoms with Crippen molar-refractivity contribution < 1.29 is 0 Å². The van der Waals surface area contributed by atoms with E-state index in [2.05, 4.69) is 49.1 Å². The van der Waals surface area contributed by atoms with Gasteiger partial charge in [0.1, 0.15) is 0 Å². The van der Waals surface area contributed by atoms with E-state index in [1.165, 1.54) is 57.3 Å². The molecule has 96 valence electrons. The molecule has 0 atom stereocenters. The van der Waals surface area contributed by atoms with Crippen LogP contribution in [0.2, 0.25) is 0 Å². The summed E-state index contributed by atoms with van der Waals surface area (Å²) in [5.74, 6) is 0. The first-order chi connectivity index (χ1) is 8.36. The van der Waals surface area contributed by atoms with Gasteiger partial charge in [0, 0.05) is 0 Å². The van der Waals surface area contributed by atoms with Crippen LogP contribution < -0.4 is 0 Å². The first kappa shape index (κ1) is 14.2. The number of nitrogens with zero attached hydrogens (tertiary/aromatic N) is 1. The summed E-state index contributed by atoms with van der Waals surface area (Å²) < 4.78 is 0. The fourth-order valence-corrected chi connectivity index (χ4v) is 2.23. The Bertz CT molecular complexity index is 268. The van der Waals surface area contributed by atoms with Crippen molar-refractivity contribution in [1.82, 2.24) is 4.90 Å². The van der Waals surface area contributed by atoms with Crippen molar-refractivity contribution >= 4 is 0 Å². The molecule has 0 aromatic heterocycles. The fraction of sp³-hybridized carbons (Fsp3) is 0.625. The Morgan fingerprint density at radius 2 is 1.65 bits per heavy atom. The predicted molar refractivity (Wildman–Crippen MR) is 76.4 cm³/mol. The number of aryl methyl sites for hydroxylation is 1. The largest absolute Gasteiger partial charge is 0.304 e. The van der Waals surface area contributed by atoms with Crippen molar-refractivity contribution in [2.75, 3.05) is 19.6 Å². The van der Waals surface area contributed by atoms with E-state index in [4.69, 9.17) is 0 Å². The smallest absolute Gasteiger partial charge is 0.00189 e. The second-order valence-electron chi connectivity index (χ2n) is 4.73. The van der Waals surface area contributed by atoms with Crippen LogP contribution in [-0.2, 0) is 6.42 Å². The molecule has 1 rings (SSSR count). The zero-order valence-corrected chi connectivity index (χ0v) is 11.5. The van der Waals surface area contributed by atoms with Crippen LogP contribution in [0.1, 0.15) is 45.1 Å². The molecule has 0 radical (unpaired) electrons. The van der Waals surface area contributed by atoms with Crippen molar-refractivity contribution in [2.45, 2.75) is 46.0 Å². The lowest BCUT2D eigenvalue weighted by molar-refractivity contribution is 0.281. The molecule has 0 aliphatic rings. The van der Waals surface area contributed by atoms with Crippen LogP contribution in [0.25, 0.3) is 0 Å². The molecule has 17 heavy (non-hydrogen) atoms. The lowest BCUT2D eigenvalue weighted by atomic mass is 10.1. The van der Waals surface area contributed by atoms with E-state index in [0.29, 0.717) is 0 Å². The summed E-state index contributed by atoms with van der Waals surface area (Å²) in [6, 6.07) is 10.8. The molecule has 0 aliphatic carbocycles. The molecule has 0 spiro atoms. The molecule has 0 fully saturated rings. The zero-order valence-electron chi connectivity index (χ0n) is 11.5. The number of hydrogen-bond donors (Lipinski definition) is 0. The van der Waals surface area contributed by atoms with Gasteiger partial charge in [-0.15, -0.1) is 0 Å². The maximum absolute atomic E-state index is 2.56. The molecule has 0 saturated heterocycles. The molecular formula is C16H27N. The maximum Gasteiger partial charge on any atom is -0.00189 e. The monoisotopic (exact) mass is 233 g/mol. The Hall–Kier alpha value is -0.820. The molecule has 0 unspecified atom stereocenters. The van der Waals surface area contributed by atoms with Crippen molar-refractivity contribution in [3.05, 3.63) is 35.9 Å². The van der Waals surface area contributed by atoms with Crippen molar-refractivity contribution in [1.29, 1.82) is 0 Å². The van der Waals surface area contributed by atoms with E-state index in [1.54, 1.807) is 0 Å². The Morgan fingerprint density at radius 1 is 0.882 bits per heavy atom. The number of benzene rings is 1. The van der Waals surface area contributed by atoms with Crippen LogP contribution in [0, 0.1) is 0 Å². The molecule has 1 aromatic rings. The summed E-state index contributed by atoms with van der Waals surface area (Å²) in [5, 5.41) is 0. The lowest BCUT2D eigenvalue weighted by Gasteiger charge is -2.19. The highest BCUT2D eigenvalue weighted by Gasteiger charge is 2.00. The Labute approximate surface area is 107 Å². The highest BCUT2D eigenvalue weighted by atomic mass is 15.1. The topological polar surface area (TPSA) is 3.24 Å². The molecule has 1 aromatic carbocycles. The Balaban J connectivity index is 2.04. The van der Waals surface area contributed by atoms with Crippen LogP contribution in [0.4, 0.5) is 0 Å². The van der Waals surface area contributed by atoms with Gasteiger partial charge in [-0.05, 0) is 50.9 Å². The summed E-state index contributed by atoms with van der Waals surface area (Å²) >= 11 is 0. The molecule has 1 nitrogen and oxygen atoms in total. The van der Waals surface area contributed by atoms with Gasteiger partial charge < -0.3 is 4.90 Å². The SMILES string of the molecule is CCCN(CC)CCCCCc1ccccc1. The number of hydrogen-bond acceptors (Lipinski definition) is 1. The third-order valence-electron chi connectivity index (χ3n) is 3.27. The van der Waals surface area contributed by atoms with Crippen molar-refractivity contribution in [3.63, 3.8) is 0 Å². The average Bonchev–Trinajstić information content (AvgIpc) is 2.38. The van der Waals surface area contributed by atoms with E-state index in [-0.39, 0.29) is 0 Å². The van der Waals surface area contributed by atoms with Gasteiger partial charge in [0.05, 0.1) is 0 Å². The van der Waals surface area contributed by atoms with Crippen molar-refractivity contribution in [3.8, 4) is 0 Å². The molecular weight excluding hydrogens is 206 g/mol. The second-order valence-corrected chi connectivity index (χ2v) is 4.73. The minimum Gasteiger partial charge on any atom is -0.304 e. The molecule has 0 N–H and O–H groups in total. The molecule has 0 amide bonds. The van der Waals surface area contributed by atoms with Gasteiger partial charge in [-0.3, -0.25) is 0 Å². The van der Waals surface area contributed by atoms with Crippen molar-refractivity contribution in [2.24, 2.45) is 0 Å². The molecule has 1 heteroatoms.